The molecule has 1 aromatic carbocycles. The number of nitrogens with zero attached hydrogens (tertiary/aromatic N) is 1. The number of ether oxygens (including phenoxy) is 1. The zero-order valence-electron chi connectivity index (χ0n) is 11.8. The van der Waals surface area contributed by atoms with Crippen LogP contribution in [0.2, 0.25) is 0 Å². The largest absolute Gasteiger partial charge is 0.444 e. The molecule has 2 rings (SSSR count). The van der Waals surface area contributed by atoms with Gasteiger partial charge in [0.2, 0.25) is 0 Å². The highest BCUT2D eigenvalue weighted by Gasteiger charge is 2.38. The van der Waals surface area contributed by atoms with Gasteiger partial charge in [0.25, 0.3) is 0 Å². The lowest BCUT2D eigenvalue weighted by molar-refractivity contribution is 0.0218. The third-order valence-electron chi connectivity index (χ3n) is 3.21. The third kappa shape index (κ3) is 3.26. The molecule has 1 fully saturated rings. The fourth-order valence-corrected chi connectivity index (χ4v) is 2.42. The first-order valence-corrected chi connectivity index (χ1v) is 6.68. The van der Waals surface area contributed by atoms with Crippen LogP contribution in [0, 0.1) is 0 Å². The first kappa shape index (κ1) is 13.9. The molecule has 4 nitrogen and oxygen atoms in total. The maximum atomic E-state index is 12.2. The van der Waals surface area contributed by atoms with Crippen LogP contribution in [0.25, 0.3) is 0 Å². The molecule has 19 heavy (non-hydrogen) atoms. The summed E-state index contributed by atoms with van der Waals surface area (Å²) in [6.45, 7) is 6.27. The molecule has 1 unspecified atom stereocenters. The topological polar surface area (TPSA) is 55.6 Å². The molecule has 1 heterocycles. The lowest BCUT2D eigenvalue weighted by Crippen LogP contribution is -2.39. The molecule has 1 aliphatic rings. The molecule has 1 amide bonds. The minimum absolute atomic E-state index is 0.0325. The molecule has 0 radical (unpaired) electrons. The quantitative estimate of drug-likeness (QED) is 0.846. The van der Waals surface area contributed by atoms with E-state index < -0.39 is 5.60 Å². The summed E-state index contributed by atoms with van der Waals surface area (Å²) in [5.41, 5.74) is 6.74. The molecular formula is C15H22N2O2. The average Bonchev–Trinajstić information content (AvgIpc) is 2.70. The summed E-state index contributed by atoms with van der Waals surface area (Å²) in [5, 5.41) is 0. The summed E-state index contributed by atoms with van der Waals surface area (Å²) >= 11 is 0. The number of likely N-dealkylation sites (tertiary alicyclic amines) is 1. The predicted octanol–water partition coefficient (Wildman–Crippen LogP) is 2.70. The molecule has 1 aliphatic heterocycles. The van der Waals surface area contributed by atoms with Gasteiger partial charge in [-0.15, -0.1) is 0 Å². The van der Waals surface area contributed by atoms with E-state index in [-0.39, 0.29) is 18.2 Å². The molecule has 1 saturated heterocycles. The summed E-state index contributed by atoms with van der Waals surface area (Å²) in [6, 6.07) is 9.79. The van der Waals surface area contributed by atoms with Crippen molar-refractivity contribution >= 4 is 6.09 Å². The molecule has 0 bridgehead atoms. The van der Waals surface area contributed by atoms with Gasteiger partial charge in [0.1, 0.15) is 5.60 Å². The molecular weight excluding hydrogens is 240 g/mol. The van der Waals surface area contributed by atoms with Gasteiger partial charge in [0.15, 0.2) is 0 Å². The van der Waals surface area contributed by atoms with Gasteiger partial charge in [-0.2, -0.15) is 0 Å². The van der Waals surface area contributed by atoms with E-state index >= 15 is 0 Å². The van der Waals surface area contributed by atoms with Crippen molar-refractivity contribution in [2.45, 2.75) is 44.9 Å². The van der Waals surface area contributed by atoms with Crippen molar-refractivity contribution < 1.29 is 9.53 Å². The van der Waals surface area contributed by atoms with E-state index in [2.05, 4.69) is 0 Å². The highest BCUT2D eigenvalue weighted by Crippen LogP contribution is 2.32. The van der Waals surface area contributed by atoms with Crippen molar-refractivity contribution in [1.29, 1.82) is 0 Å². The van der Waals surface area contributed by atoms with E-state index in [0.717, 1.165) is 12.0 Å². The Labute approximate surface area is 114 Å². The smallest absolute Gasteiger partial charge is 0.410 e. The summed E-state index contributed by atoms with van der Waals surface area (Å²) in [4.78, 5) is 14.0. The van der Waals surface area contributed by atoms with Crippen molar-refractivity contribution in [3.63, 3.8) is 0 Å². The Bertz CT molecular complexity index is 439. The monoisotopic (exact) mass is 262 g/mol. The molecule has 0 aromatic heterocycles. The van der Waals surface area contributed by atoms with Gasteiger partial charge in [-0.1, -0.05) is 30.3 Å². The van der Waals surface area contributed by atoms with Crippen LogP contribution in [0.5, 0.6) is 0 Å². The van der Waals surface area contributed by atoms with Crippen LogP contribution in [0.3, 0.4) is 0 Å². The van der Waals surface area contributed by atoms with Crippen molar-refractivity contribution in [3.05, 3.63) is 35.9 Å². The second-order valence-electron chi connectivity index (χ2n) is 5.98. The maximum Gasteiger partial charge on any atom is 0.410 e. The molecule has 2 atom stereocenters. The standard InChI is InChI=1S/C15H22N2O2/c1-15(2,3)19-14(18)17-10-9-12(16)13(17)11-7-5-4-6-8-11/h4-8,12-13H,9-10,16H2,1-3H3/t12-,13?/m0/s1. The van der Waals surface area contributed by atoms with Crippen molar-refractivity contribution in [3.8, 4) is 0 Å². The van der Waals surface area contributed by atoms with E-state index in [1.165, 1.54) is 0 Å². The summed E-state index contributed by atoms with van der Waals surface area (Å²) in [5.74, 6) is 0. The first-order valence-electron chi connectivity index (χ1n) is 6.68. The Morgan fingerprint density at radius 2 is 1.95 bits per heavy atom. The number of amides is 1. The number of nitrogens with two attached hydrogens (primary N) is 1. The summed E-state index contributed by atoms with van der Waals surface area (Å²) in [7, 11) is 0. The average molecular weight is 262 g/mol. The Morgan fingerprint density at radius 1 is 1.32 bits per heavy atom. The summed E-state index contributed by atoms with van der Waals surface area (Å²) < 4.78 is 5.45. The Hall–Kier alpha value is -1.55. The van der Waals surface area contributed by atoms with Crippen LogP contribution in [0.4, 0.5) is 4.79 Å². The van der Waals surface area contributed by atoms with E-state index in [4.69, 9.17) is 10.5 Å². The number of benzene rings is 1. The number of rotatable bonds is 1. The van der Waals surface area contributed by atoms with Crippen LogP contribution < -0.4 is 5.73 Å². The van der Waals surface area contributed by atoms with Gasteiger partial charge in [0.05, 0.1) is 6.04 Å². The zero-order chi connectivity index (χ0) is 14.0. The van der Waals surface area contributed by atoms with E-state index in [1.54, 1.807) is 4.90 Å². The number of hydrogen-bond acceptors (Lipinski definition) is 3. The molecule has 2 N–H and O–H groups in total. The van der Waals surface area contributed by atoms with Crippen LogP contribution in [0.15, 0.2) is 30.3 Å². The lowest BCUT2D eigenvalue weighted by Gasteiger charge is -2.30. The van der Waals surface area contributed by atoms with Gasteiger partial charge in [-0.05, 0) is 32.8 Å². The number of carbonyl (C=O) groups is 1. The second kappa shape index (κ2) is 5.21. The van der Waals surface area contributed by atoms with Crippen molar-refractivity contribution in [1.82, 2.24) is 4.90 Å². The normalized spacial score (nSPS) is 23.5. The predicted molar refractivity (Wildman–Crippen MR) is 74.7 cm³/mol. The van der Waals surface area contributed by atoms with Crippen molar-refractivity contribution in [2.24, 2.45) is 5.73 Å². The molecule has 0 spiro atoms. The Morgan fingerprint density at radius 3 is 2.53 bits per heavy atom. The minimum Gasteiger partial charge on any atom is -0.444 e. The lowest BCUT2D eigenvalue weighted by atomic mass is 10.0. The van der Waals surface area contributed by atoms with Crippen LogP contribution in [-0.2, 0) is 4.74 Å². The third-order valence-corrected chi connectivity index (χ3v) is 3.21. The fourth-order valence-electron chi connectivity index (χ4n) is 2.42. The highest BCUT2D eigenvalue weighted by atomic mass is 16.6. The summed E-state index contributed by atoms with van der Waals surface area (Å²) in [6.07, 6.45) is 0.521. The van der Waals surface area contributed by atoms with Crippen LogP contribution in [-0.4, -0.2) is 29.2 Å². The Kier molecular flexibility index (Phi) is 3.80. The van der Waals surface area contributed by atoms with Crippen molar-refractivity contribution in [2.75, 3.05) is 6.54 Å². The van der Waals surface area contributed by atoms with Crippen LogP contribution >= 0.6 is 0 Å². The SMILES string of the molecule is CC(C)(C)OC(=O)N1CC[C@H](N)C1c1ccccc1. The molecule has 0 saturated carbocycles. The van der Waals surface area contributed by atoms with Gasteiger partial charge in [-0.25, -0.2) is 4.79 Å². The molecule has 4 heteroatoms. The molecule has 1 aromatic rings. The fraction of sp³-hybridized carbons (Fsp3) is 0.533. The van der Waals surface area contributed by atoms with Gasteiger partial charge < -0.3 is 10.5 Å². The van der Waals surface area contributed by atoms with Gasteiger partial charge in [0, 0.05) is 12.6 Å². The molecule has 104 valence electrons. The van der Waals surface area contributed by atoms with Crippen LogP contribution in [0.1, 0.15) is 38.8 Å². The minimum atomic E-state index is -0.481. The van der Waals surface area contributed by atoms with Gasteiger partial charge in [-0.3, -0.25) is 4.90 Å². The number of hydrogen-bond donors (Lipinski definition) is 1. The van der Waals surface area contributed by atoms with Gasteiger partial charge >= 0.3 is 6.09 Å². The van der Waals surface area contributed by atoms with E-state index in [0.29, 0.717) is 6.54 Å². The van der Waals surface area contributed by atoms with E-state index in [9.17, 15) is 4.79 Å². The first-order chi connectivity index (χ1) is 8.88. The zero-order valence-corrected chi connectivity index (χ0v) is 11.8. The highest BCUT2D eigenvalue weighted by molar-refractivity contribution is 5.69. The second-order valence-corrected chi connectivity index (χ2v) is 5.98. The number of carbonyl (C=O) groups excluding carboxylic acids is 1. The maximum absolute atomic E-state index is 12.2. The molecule has 0 aliphatic carbocycles. The Balaban J connectivity index is 2.18. The van der Waals surface area contributed by atoms with E-state index in [1.807, 2.05) is 51.1 Å².